The molecule has 0 saturated carbocycles. The fourth-order valence-corrected chi connectivity index (χ4v) is 0.549. The molecule has 0 aliphatic heterocycles. The van der Waals surface area contributed by atoms with Crippen molar-refractivity contribution in [2.45, 2.75) is 6.43 Å². The van der Waals surface area contributed by atoms with Gasteiger partial charge in [-0.15, -0.1) is 0 Å². The summed E-state index contributed by atoms with van der Waals surface area (Å²) < 4.78 is 24.8. The first-order valence-corrected chi connectivity index (χ1v) is 3.13. The molecule has 0 fully saturated rings. The Bertz CT molecular complexity index is 271. The predicted octanol–water partition coefficient (Wildman–Crippen LogP) is 1.58. The van der Waals surface area contributed by atoms with E-state index in [9.17, 15) is 8.78 Å². The third kappa shape index (κ3) is 5.59. The van der Waals surface area contributed by atoms with E-state index < -0.39 is 12.6 Å². The summed E-state index contributed by atoms with van der Waals surface area (Å²) in [6.45, 7) is 0. The van der Waals surface area contributed by atoms with Gasteiger partial charge in [0.25, 0.3) is 6.43 Å². The van der Waals surface area contributed by atoms with E-state index in [1.165, 1.54) is 16.9 Å². The van der Waals surface area contributed by atoms with Crippen molar-refractivity contribution >= 4 is 6.16 Å². The Balaban J connectivity index is 0.000000310. The molecule has 0 aromatic carbocycles. The fourth-order valence-electron chi connectivity index (χ4n) is 0.549. The standard InChI is InChI=1S/C5H6F2N2.CH2O3/c1-9-3-2-4(8-9)5(6)7;2-1(3)4/h2-3,5H,1H3;(H2,2,3,4). The molecule has 0 amide bonds. The highest BCUT2D eigenvalue weighted by atomic mass is 19.3. The number of aryl methyl sites for hydroxylation is 1. The molecule has 0 radical (unpaired) electrons. The number of nitrogens with zero attached hydrogens (tertiary/aromatic N) is 2. The van der Waals surface area contributed by atoms with E-state index in [-0.39, 0.29) is 5.69 Å². The Morgan fingerprint density at radius 2 is 2.08 bits per heavy atom. The maximum atomic E-state index is 11.7. The molecule has 1 rings (SSSR count). The zero-order chi connectivity index (χ0) is 10.4. The van der Waals surface area contributed by atoms with Crippen LogP contribution in [0.2, 0.25) is 0 Å². The monoisotopic (exact) mass is 194 g/mol. The van der Waals surface area contributed by atoms with Crippen molar-refractivity contribution in [3.05, 3.63) is 18.0 Å². The second-order valence-corrected chi connectivity index (χ2v) is 2.00. The molecule has 7 heteroatoms. The van der Waals surface area contributed by atoms with Gasteiger partial charge >= 0.3 is 6.16 Å². The van der Waals surface area contributed by atoms with Crippen LogP contribution in [-0.4, -0.2) is 26.1 Å². The minimum atomic E-state index is -2.45. The highest BCUT2D eigenvalue weighted by Crippen LogP contribution is 2.14. The van der Waals surface area contributed by atoms with Gasteiger partial charge < -0.3 is 10.2 Å². The third-order valence-electron chi connectivity index (χ3n) is 0.958. The summed E-state index contributed by atoms with van der Waals surface area (Å²) in [6.07, 6.45) is -2.80. The average Bonchev–Trinajstić information content (AvgIpc) is 2.34. The first kappa shape index (κ1) is 11.3. The summed E-state index contributed by atoms with van der Waals surface area (Å²) in [7, 11) is 1.60. The lowest BCUT2D eigenvalue weighted by Gasteiger charge is -1.88. The van der Waals surface area contributed by atoms with Crippen LogP contribution in [0.25, 0.3) is 0 Å². The molecule has 0 saturated heterocycles. The minimum absolute atomic E-state index is 0.169. The van der Waals surface area contributed by atoms with Crippen LogP contribution < -0.4 is 0 Å². The summed E-state index contributed by atoms with van der Waals surface area (Å²) in [5, 5.41) is 17.4. The maximum Gasteiger partial charge on any atom is 0.503 e. The summed E-state index contributed by atoms with van der Waals surface area (Å²) in [4.78, 5) is 8.56. The highest BCUT2D eigenvalue weighted by molar-refractivity contribution is 5.53. The molecule has 5 nitrogen and oxygen atoms in total. The molecule has 0 atom stereocenters. The minimum Gasteiger partial charge on any atom is -0.450 e. The van der Waals surface area contributed by atoms with Crippen molar-refractivity contribution in [2.24, 2.45) is 7.05 Å². The normalized spacial score (nSPS) is 9.23. The van der Waals surface area contributed by atoms with Crippen molar-refractivity contribution in [2.75, 3.05) is 0 Å². The van der Waals surface area contributed by atoms with E-state index in [1.807, 2.05) is 0 Å². The van der Waals surface area contributed by atoms with Crippen LogP contribution in [0.3, 0.4) is 0 Å². The van der Waals surface area contributed by atoms with Crippen molar-refractivity contribution < 1.29 is 23.8 Å². The van der Waals surface area contributed by atoms with Crippen molar-refractivity contribution in [3.8, 4) is 0 Å². The number of hydrogen-bond acceptors (Lipinski definition) is 2. The Morgan fingerprint density at radius 3 is 2.23 bits per heavy atom. The number of alkyl halides is 2. The summed E-state index contributed by atoms with van der Waals surface area (Å²) >= 11 is 0. The van der Waals surface area contributed by atoms with Gasteiger partial charge in [0.15, 0.2) is 0 Å². The lowest BCUT2D eigenvalue weighted by Crippen LogP contribution is -1.90. The zero-order valence-corrected chi connectivity index (χ0v) is 6.69. The second kappa shape index (κ2) is 5.07. The number of carbonyl (C=O) groups is 1. The quantitative estimate of drug-likeness (QED) is 0.711. The topological polar surface area (TPSA) is 75.4 Å². The molecule has 74 valence electrons. The largest absolute Gasteiger partial charge is 0.503 e. The summed E-state index contributed by atoms with van der Waals surface area (Å²) in [5.41, 5.74) is -0.169. The Hall–Kier alpha value is -1.66. The molecule has 1 heterocycles. The highest BCUT2D eigenvalue weighted by Gasteiger charge is 2.08. The fraction of sp³-hybridized carbons (Fsp3) is 0.333. The predicted molar refractivity (Wildman–Crippen MR) is 38.8 cm³/mol. The van der Waals surface area contributed by atoms with Gasteiger partial charge in [-0.2, -0.15) is 5.10 Å². The van der Waals surface area contributed by atoms with Crippen LogP contribution in [0.1, 0.15) is 12.1 Å². The number of halogens is 2. The number of carboxylic acid groups (broad SMARTS) is 2. The molecule has 13 heavy (non-hydrogen) atoms. The van der Waals surface area contributed by atoms with Gasteiger partial charge in [-0.05, 0) is 6.07 Å². The van der Waals surface area contributed by atoms with Crippen molar-refractivity contribution in [3.63, 3.8) is 0 Å². The van der Waals surface area contributed by atoms with Gasteiger partial charge in [0.05, 0.1) is 0 Å². The molecule has 0 unspecified atom stereocenters. The SMILES string of the molecule is Cn1ccc(C(F)F)n1.O=C(O)O. The van der Waals surface area contributed by atoms with Crippen LogP contribution in [0.5, 0.6) is 0 Å². The average molecular weight is 194 g/mol. The van der Waals surface area contributed by atoms with Crippen molar-refractivity contribution in [1.82, 2.24) is 9.78 Å². The van der Waals surface area contributed by atoms with Gasteiger partial charge in [0.2, 0.25) is 0 Å². The number of hydrogen-bond donors (Lipinski definition) is 2. The smallest absolute Gasteiger partial charge is 0.450 e. The summed E-state index contributed by atoms with van der Waals surface area (Å²) in [6, 6.07) is 1.30. The number of rotatable bonds is 1. The van der Waals surface area contributed by atoms with E-state index >= 15 is 0 Å². The number of aromatic nitrogens is 2. The Morgan fingerprint density at radius 1 is 1.62 bits per heavy atom. The molecular formula is C6H8F2N2O3. The van der Waals surface area contributed by atoms with E-state index in [4.69, 9.17) is 15.0 Å². The van der Waals surface area contributed by atoms with E-state index in [2.05, 4.69) is 5.10 Å². The molecule has 0 aliphatic carbocycles. The van der Waals surface area contributed by atoms with E-state index in [1.54, 1.807) is 7.05 Å². The van der Waals surface area contributed by atoms with Crippen LogP contribution in [0, 0.1) is 0 Å². The van der Waals surface area contributed by atoms with Gasteiger partial charge in [-0.3, -0.25) is 4.68 Å². The molecular weight excluding hydrogens is 186 g/mol. The van der Waals surface area contributed by atoms with Crippen molar-refractivity contribution in [1.29, 1.82) is 0 Å². The van der Waals surface area contributed by atoms with Crippen LogP contribution in [0.4, 0.5) is 13.6 Å². The molecule has 2 N–H and O–H groups in total. The summed E-state index contributed by atoms with van der Waals surface area (Å²) in [5.74, 6) is 0. The van der Waals surface area contributed by atoms with Gasteiger partial charge in [-0.25, -0.2) is 13.6 Å². The molecule has 1 aromatic rings. The van der Waals surface area contributed by atoms with E-state index in [0.29, 0.717) is 0 Å². The van der Waals surface area contributed by atoms with Crippen LogP contribution in [0.15, 0.2) is 12.3 Å². The molecule has 1 aromatic heterocycles. The third-order valence-corrected chi connectivity index (χ3v) is 0.958. The van der Waals surface area contributed by atoms with Crippen LogP contribution >= 0.6 is 0 Å². The lowest BCUT2D eigenvalue weighted by molar-refractivity contribution is 0.136. The van der Waals surface area contributed by atoms with Gasteiger partial charge in [-0.1, -0.05) is 0 Å². The van der Waals surface area contributed by atoms with Gasteiger partial charge in [0, 0.05) is 13.2 Å². The molecule has 0 spiro atoms. The lowest BCUT2D eigenvalue weighted by atomic mass is 10.5. The molecule has 0 aliphatic rings. The van der Waals surface area contributed by atoms with Crippen LogP contribution in [-0.2, 0) is 7.05 Å². The zero-order valence-electron chi connectivity index (χ0n) is 6.69. The van der Waals surface area contributed by atoms with Gasteiger partial charge in [0.1, 0.15) is 5.69 Å². The maximum absolute atomic E-state index is 11.7. The Kier molecular flexibility index (Phi) is 4.42. The Labute approximate surface area is 72.2 Å². The first-order valence-electron chi connectivity index (χ1n) is 3.13. The molecule has 0 bridgehead atoms. The second-order valence-electron chi connectivity index (χ2n) is 2.00. The van der Waals surface area contributed by atoms with E-state index in [0.717, 1.165) is 0 Å². The first-order chi connectivity index (χ1) is 5.93.